The average molecular weight is 396 g/mol. The second-order valence-electron chi connectivity index (χ2n) is 7.28. The van der Waals surface area contributed by atoms with Crippen molar-refractivity contribution in [3.63, 3.8) is 0 Å². The van der Waals surface area contributed by atoms with E-state index in [1.165, 1.54) is 6.92 Å². The Morgan fingerprint density at radius 3 is 2.41 bits per heavy atom. The van der Waals surface area contributed by atoms with Gasteiger partial charge in [-0.3, -0.25) is 9.59 Å². The largest absolute Gasteiger partial charge is 0.493 e. The van der Waals surface area contributed by atoms with Gasteiger partial charge < -0.3 is 18.9 Å². The highest BCUT2D eigenvalue weighted by atomic mass is 16.5. The molecule has 0 unspecified atom stereocenters. The van der Waals surface area contributed by atoms with Gasteiger partial charge in [-0.15, -0.1) is 0 Å². The molecular weight excluding hydrogens is 372 g/mol. The Morgan fingerprint density at radius 2 is 1.76 bits per heavy atom. The lowest BCUT2D eigenvalue weighted by Crippen LogP contribution is -2.28. The molecular formula is C23H24O6. The Balaban J connectivity index is 1.97. The summed E-state index contributed by atoms with van der Waals surface area (Å²) in [6.45, 7) is 5.15. The number of benzene rings is 2. The Kier molecular flexibility index (Phi) is 5.64. The second-order valence-corrected chi connectivity index (χ2v) is 7.28. The SMILES string of the molecule is COc1ccc(CC(=O)c2ccc3c(c2OC(C)=O)C=CC(C)(C)O3)cc1OC. The van der Waals surface area contributed by atoms with Crippen LogP contribution in [-0.4, -0.2) is 31.6 Å². The van der Waals surface area contributed by atoms with Gasteiger partial charge in [-0.05, 0) is 55.8 Å². The Morgan fingerprint density at radius 1 is 1.03 bits per heavy atom. The van der Waals surface area contributed by atoms with Crippen molar-refractivity contribution in [1.82, 2.24) is 0 Å². The highest BCUT2D eigenvalue weighted by Crippen LogP contribution is 2.40. The summed E-state index contributed by atoms with van der Waals surface area (Å²) in [5.74, 6) is 1.22. The van der Waals surface area contributed by atoms with Gasteiger partial charge in [-0.25, -0.2) is 0 Å². The van der Waals surface area contributed by atoms with Crippen LogP contribution in [0, 0.1) is 0 Å². The molecule has 0 aromatic heterocycles. The van der Waals surface area contributed by atoms with E-state index < -0.39 is 11.6 Å². The van der Waals surface area contributed by atoms with Gasteiger partial charge in [0, 0.05) is 13.3 Å². The number of ether oxygens (including phenoxy) is 4. The smallest absolute Gasteiger partial charge is 0.308 e. The van der Waals surface area contributed by atoms with E-state index >= 15 is 0 Å². The first-order chi connectivity index (χ1) is 13.7. The molecule has 1 aliphatic rings. The Hall–Kier alpha value is -3.28. The molecule has 2 aromatic carbocycles. The van der Waals surface area contributed by atoms with Crippen LogP contribution in [0.2, 0.25) is 0 Å². The zero-order valence-corrected chi connectivity index (χ0v) is 17.2. The summed E-state index contributed by atoms with van der Waals surface area (Å²) in [6.07, 6.45) is 3.80. The number of hydrogen-bond acceptors (Lipinski definition) is 6. The standard InChI is InChI=1S/C23H24O6/c1-14(24)28-22-16(7-9-19-17(22)10-11-23(2,3)29-19)18(25)12-15-6-8-20(26-4)21(13-15)27-5/h6-11,13H,12H2,1-5H3. The molecule has 152 valence electrons. The van der Waals surface area contributed by atoms with Gasteiger partial charge in [-0.1, -0.05) is 6.07 Å². The van der Waals surface area contributed by atoms with Crippen LogP contribution in [0.5, 0.6) is 23.0 Å². The van der Waals surface area contributed by atoms with Crippen LogP contribution < -0.4 is 18.9 Å². The van der Waals surface area contributed by atoms with Crippen molar-refractivity contribution in [2.75, 3.05) is 14.2 Å². The normalized spacial score (nSPS) is 13.8. The molecule has 0 atom stereocenters. The van der Waals surface area contributed by atoms with Crippen LogP contribution in [0.15, 0.2) is 36.4 Å². The topological polar surface area (TPSA) is 71.1 Å². The average Bonchev–Trinajstić information content (AvgIpc) is 2.66. The third kappa shape index (κ3) is 4.42. The lowest BCUT2D eigenvalue weighted by molar-refractivity contribution is -0.131. The predicted molar refractivity (Wildman–Crippen MR) is 109 cm³/mol. The Bertz CT molecular complexity index is 987. The van der Waals surface area contributed by atoms with Crippen LogP contribution in [0.4, 0.5) is 0 Å². The summed E-state index contributed by atoms with van der Waals surface area (Å²) in [4.78, 5) is 24.7. The maximum absolute atomic E-state index is 13.1. The number of rotatable bonds is 6. The summed E-state index contributed by atoms with van der Waals surface area (Å²) >= 11 is 0. The molecule has 0 bridgehead atoms. The summed E-state index contributed by atoms with van der Waals surface area (Å²) in [7, 11) is 3.09. The zero-order valence-electron chi connectivity index (χ0n) is 17.2. The van der Waals surface area contributed by atoms with E-state index in [1.807, 2.05) is 26.0 Å². The monoisotopic (exact) mass is 396 g/mol. The fourth-order valence-corrected chi connectivity index (χ4v) is 3.17. The summed E-state index contributed by atoms with van der Waals surface area (Å²) in [5.41, 5.74) is 1.18. The number of ketones is 1. The molecule has 29 heavy (non-hydrogen) atoms. The van der Waals surface area contributed by atoms with Crippen molar-refractivity contribution in [3.8, 4) is 23.0 Å². The molecule has 0 fully saturated rings. The number of carbonyl (C=O) groups excluding carboxylic acids is 2. The van der Waals surface area contributed by atoms with Gasteiger partial charge in [-0.2, -0.15) is 0 Å². The van der Waals surface area contributed by atoms with Crippen molar-refractivity contribution in [2.45, 2.75) is 32.8 Å². The first-order valence-corrected chi connectivity index (χ1v) is 9.22. The van der Waals surface area contributed by atoms with E-state index in [-0.39, 0.29) is 18.0 Å². The van der Waals surface area contributed by atoms with Gasteiger partial charge >= 0.3 is 5.97 Å². The highest BCUT2D eigenvalue weighted by Gasteiger charge is 2.27. The third-order valence-corrected chi connectivity index (χ3v) is 4.54. The third-order valence-electron chi connectivity index (χ3n) is 4.54. The highest BCUT2D eigenvalue weighted by molar-refractivity contribution is 6.02. The minimum atomic E-state index is -0.503. The van der Waals surface area contributed by atoms with Crippen molar-refractivity contribution < 1.29 is 28.5 Å². The maximum atomic E-state index is 13.1. The van der Waals surface area contributed by atoms with Crippen molar-refractivity contribution >= 4 is 17.8 Å². The van der Waals surface area contributed by atoms with E-state index in [0.717, 1.165) is 5.56 Å². The summed E-state index contributed by atoms with van der Waals surface area (Å²) < 4.78 is 21.9. The van der Waals surface area contributed by atoms with Crippen LogP contribution in [-0.2, 0) is 11.2 Å². The first-order valence-electron chi connectivity index (χ1n) is 9.22. The molecule has 6 heteroatoms. The minimum absolute atomic E-state index is 0.115. The molecule has 0 spiro atoms. The van der Waals surface area contributed by atoms with Crippen LogP contribution in [0.25, 0.3) is 6.08 Å². The molecule has 6 nitrogen and oxygen atoms in total. The second kappa shape index (κ2) is 7.99. The van der Waals surface area contributed by atoms with Crippen molar-refractivity contribution in [1.29, 1.82) is 0 Å². The number of Topliss-reactive ketones (excluding diaryl/α,β-unsaturated/α-hetero) is 1. The van der Waals surface area contributed by atoms with Crippen LogP contribution in [0.1, 0.15) is 42.3 Å². The lowest BCUT2D eigenvalue weighted by atomic mass is 9.96. The summed E-state index contributed by atoms with van der Waals surface area (Å²) in [5, 5.41) is 0. The van der Waals surface area contributed by atoms with Crippen molar-refractivity contribution in [2.24, 2.45) is 0 Å². The predicted octanol–water partition coefficient (Wildman–Crippen LogP) is 4.24. The van der Waals surface area contributed by atoms with Gasteiger partial charge in [0.1, 0.15) is 11.4 Å². The van der Waals surface area contributed by atoms with Gasteiger partial charge in [0.25, 0.3) is 0 Å². The minimum Gasteiger partial charge on any atom is -0.493 e. The number of carbonyl (C=O) groups is 2. The zero-order chi connectivity index (χ0) is 21.2. The quantitative estimate of drug-likeness (QED) is 0.413. The van der Waals surface area contributed by atoms with E-state index in [0.29, 0.717) is 28.4 Å². The summed E-state index contributed by atoms with van der Waals surface area (Å²) in [6, 6.07) is 8.67. The molecule has 0 radical (unpaired) electrons. The number of methoxy groups -OCH3 is 2. The molecule has 0 N–H and O–H groups in total. The van der Waals surface area contributed by atoms with E-state index in [4.69, 9.17) is 18.9 Å². The first kappa shape index (κ1) is 20.5. The van der Waals surface area contributed by atoms with Crippen molar-refractivity contribution in [3.05, 3.63) is 53.1 Å². The van der Waals surface area contributed by atoms with E-state index in [9.17, 15) is 9.59 Å². The maximum Gasteiger partial charge on any atom is 0.308 e. The van der Waals surface area contributed by atoms with Gasteiger partial charge in [0.05, 0.1) is 25.3 Å². The molecule has 0 saturated heterocycles. The molecule has 1 aliphatic heterocycles. The molecule has 2 aromatic rings. The van der Waals surface area contributed by atoms with Crippen LogP contribution >= 0.6 is 0 Å². The molecule has 0 amide bonds. The molecule has 0 saturated carbocycles. The molecule has 0 aliphatic carbocycles. The van der Waals surface area contributed by atoms with Gasteiger partial charge in [0.15, 0.2) is 23.0 Å². The number of esters is 1. The van der Waals surface area contributed by atoms with E-state index in [1.54, 1.807) is 44.6 Å². The van der Waals surface area contributed by atoms with Crippen LogP contribution in [0.3, 0.4) is 0 Å². The fourth-order valence-electron chi connectivity index (χ4n) is 3.17. The lowest BCUT2D eigenvalue weighted by Gasteiger charge is -2.29. The Labute approximate surface area is 170 Å². The fraction of sp³-hybridized carbons (Fsp3) is 0.304. The molecule has 3 rings (SSSR count). The number of fused-ring (bicyclic) bond motifs is 1. The molecule has 1 heterocycles. The number of hydrogen-bond donors (Lipinski definition) is 0. The van der Waals surface area contributed by atoms with E-state index in [2.05, 4.69) is 0 Å². The van der Waals surface area contributed by atoms with Gasteiger partial charge in [0.2, 0.25) is 0 Å².